The molecule has 0 radical (unpaired) electrons. The topological polar surface area (TPSA) is 18.5 Å². The predicted octanol–water partition coefficient (Wildman–Crippen LogP) is 5.63. The molecule has 0 aliphatic heterocycles. The number of hydrogen-bond acceptors (Lipinski definition) is 2. The van der Waals surface area contributed by atoms with Crippen LogP contribution in [-0.2, 0) is 10.2 Å². The summed E-state index contributed by atoms with van der Waals surface area (Å²) in [5.74, 6) is 0.945. The van der Waals surface area contributed by atoms with Crippen LogP contribution in [0.4, 0.5) is 0 Å². The fourth-order valence-corrected chi connectivity index (χ4v) is 4.66. The molecule has 0 amide bonds. The van der Waals surface area contributed by atoms with Gasteiger partial charge in [0.05, 0.1) is 19.3 Å². The third kappa shape index (κ3) is 3.74. The van der Waals surface area contributed by atoms with Crippen molar-refractivity contribution in [1.82, 2.24) is 0 Å². The largest absolute Gasteiger partial charge is 0.497 e. The standard InChI is InChI=1S/C21H32O2/c1-17(23-20-9-5-3-6-10-20)21(15-7-4-8-16-21)18-11-13-19(22-2)14-12-18/h11-14,17,20H,3-10,15-16H2,1-2H3. The van der Waals surface area contributed by atoms with Crippen molar-refractivity contribution < 1.29 is 9.47 Å². The van der Waals surface area contributed by atoms with E-state index in [0.717, 1.165) is 5.75 Å². The molecule has 0 bridgehead atoms. The van der Waals surface area contributed by atoms with Crippen molar-refractivity contribution in [3.63, 3.8) is 0 Å². The van der Waals surface area contributed by atoms with Crippen molar-refractivity contribution in [2.45, 2.75) is 88.8 Å². The first-order valence-electron chi connectivity index (χ1n) is 9.54. The van der Waals surface area contributed by atoms with Crippen LogP contribution in [0, 0.1) is 0 Å². The number of benzene rings is 1. The molecule has 0 aromatic heterocycles. The molecule has 1 atom stereocenters. The minimum absolute atomic E-state index is 0.196. The molecule has 3 rings (SSSR count). The average molecular weight is 316 g/mol. The zero-order valence-electron chi connectivity index (χ0n) is 14.9. The van der Waals surface area contributed by atoms with Gasteiger partial charge in [-0.1, -0.05) is 50.7 Å². The maximum absolute atomic E-state index is 6.61. The molecule has 2 aliphatic carbocycles. The molecule has 1 aromatic carbocycles. The number of ether oxygens (including phenoxy) is 2. The SMILES string of the molecule is COc1ccc(C2(C(C)OC3CCCCC3)CCCCC2)cc1. The van der Waals surface area contributed by atoms with Gasteiger partial charge < -0.3 is 9.47 Å². The van der Waals surface area contributed by atoms with Crippen molar-refractivity contribution in [1.29, 1.82) is 0 Å². The summed E-state index contributed by atoms with van der Waals surface area (Å²) in [4.78, 5) is 0. The molecule has 2 fully saturated rings. The molecule has 0 N–H and O–H groups in total. The lowest BCUT2D eigenvalue weighted by Gasteiger charge is -2.44. The summed E-state index contributed by atoms with van der Waals surface area (Å²) in [5, 5.41) is 0. The molecule has 1 unspecified atom stereocenters. The highest BCUT2D eigenvalue weighted by atomic mass is 16.5. The molecule has 2 nitrogen and oxygen atoms in total. The Morgan fingerprint density at radius 3 is 2.13 bits per heavy atom. The van der Waals surface area contributed by atoms with Crippen LogP contribution in [0.1, 0.15) is 76.7 Å². The van der Waals surface area contributed by atoms with E-state index in [2.05, 4.69) is 31.2 Å². The van der Waals surface area contributed by atoms with E-state index < -0.39 is 0 Å². The van der Waals surface area contributed by atoms with Gasteiger partial charge in [0.1, 0.15) is 5.75 Å². The fraction of sp³-hybridized carbons (Fsp3) is 0.714. The Morgan fingerprint density at radius 1 is 0.913 bits per heavy atom. The van der Waals surface area contributed by atoms with Gasteiger partial charge in [-0.2, -0.15) is 0 Å². The van der Waals surface area contributed by atoms with Crippen LogP contribution in [0.5, 0.6) is 5.75 Å². The van der Waals surface area contributed by atoms with Crippen LogP contribution < -0.4 is 4.74 Å². The molecule has 2 aliphatic rings. The van der Waals surface area contributed by atoms with Gasteiger partial charge >= 0.3 is 0 Å². The van der Waals surface area contributed by atoms with Crippen LogP contribution >= 0.6 is 0 Å². The van der Waals surface area contributed by atoms with Crippen LogP contribution in [-0.4, -0.2) is 19.3 Å². The van der Waals surface area contributed by atoms with Crippen LogP contribution in [0.2, 0.25) is 0 Å². The van der Waals surface area contributed by atoms with E-state index in [1.54, 1.807) is 7.11 Å². The van der Waals surface area contributed by atoms with Crippen molar-refractivity contribution in [3.8, 4) is 5.75 Å². The molecule has 0 saturated heterocycles. The van der Waals surface area contributed by atoms with Crippen molar-refractivity contribution in [2.75, 3.05) is 7.11 Å². The zero-order valence-corrected chi connectivity index (χ0v) is 14.9. The monoisotopic (exact) mass is 316 g/mol. The second-order valence-corrected chi connectivity index (χ2v) is 7.48. The lowest BCUT2D eigenvalue weighted by atomic mass is 9.66. The second kappa shape index (κ2) is 7.70. The molecule has 23 heavy (non-hydrogen) atoms. The van der Waals surface area contributed by atoms with Crippen LogP contribution in [0.15, 0.2) is 24.3 Å². The van der Waals surface area contributed by atoms with Gasteiger partial charge in [-0.3, -0.25) is 0 Å². The molecular formula is C21H32O2. The summed E-state index contributed by atoms with van der Waals surface area (Å²) in [7, 11) is 1.74. The summed E-state index contributed by atoms with van der Waals surface area (Å²) >= 11 is 0. The highest BCUT2D eigenvalue weighted by Gasteiger charge is 2.40. The van der Waals surface area contributed by atoms with Gasteiger partial charge in [0, 0.05) is 5.41 Å². The van der Waals surface area contributed by atoms with Gasteiger partial charge in [0.15, 0.2) is 0 Å². The summed E-state index contributed by atoms with van der Waals surface area (Å²) in [6, 6.07) is 8.76. The smallest absolute Gasteiger partial charge is 0.118 e. The van der Waals surface area contributed by atoms with E-state index in [1.807, 2.05) is 0 Å². The summed E-state index contributed by atoms with van der Waals surface area (Å²) < 4.78 is 12.0. The summed E-state index contributed by atoms with van der Waals surface area (Å²) in [6.07, 6.45) is 13.9. The number of rotatable bonds is 5. The Bertz CT molecular complexity index is 467. The summed E-state index contributed by atoms with van der Waals surface area (Å²) in [6.45, 7) is 2.32. The van der Waals surface area contributed by atoms with Crippen LogP contribution in [0.3, 0.4) is 0 Å². The lowest BCUT2D eigenvalue weighted by Crippen LogP contribution is -2.43. The van der Waals surface area contributed by atoms with Crippen molar-refractivity contribution >= 4 is 0 Å². The maximum atomic E-state index is 6.61. The Balaban J connectivity index is 1.79. The van der Waals surface area contributed by atoms with Crippen LogP contribution in [0.25, 0.3) is 0 Å². The third-order valence-electron chi connectivity index (χ3n) is 6.14. The number of hydrogen-bond donors (Lipinski definition) is 0. The maximum Gasteiger partial charge on any atom is 0.118 e. The molecular weight excluding hydrogens is 284 g/mol. The first kappa shape index (κ1) is 16.8. The Labute approximate surface area is 141 Å². The fourth-order valence-electron chi connectivity index (χ4n) is 4.66. The highest BCUT2D eigenvalue weighted by Crippen LogP contribution is 2.44. The minimum Gasteiger partial charge on any atom is -0.497 e. The molecule has 1 aromatic rings. The summed E-state index contributed by atoms with van der Waals surface area (Å²) in [5.41, 5.74) is 1.64. The Hall–Kier alpha value is -1.02. The van der Waals surface area contributed by atoms with Gasteiger partial charge in [-0.15, -0.1) is 0 Å². The highest BCUT2D eigenvalue weighted by molar-refractivity contribution is 5.34. The first-order chi connectivity index (χ1) is 11.2. The quantitative estimate of drug-likeness (QED) is 0.700. The van der Waals surface area contributed by atoms with E-state index in [-0.39, 0.29) is 5.41 Å². The minimum atomic E-state index is 0.196. The second-order valence-electron chi connectivity index (χ2n) is 7.48. The molecule has 2 heteroatoms. The molecule has 128 valence electrons. The Morgan fingerprint density at radius 2 is 1.52 bits per heavy atom. The van der Waals surface area contributed by atoms with Gasteiger partial charge in [-0.25, -0.2) is 0 Å². The lowest BCUT2D eigenvalue weighted by molar-refractivity contribution is -0.0682. The van der Waals surface area contributed by atoms with E-state index in [4.69, 9.17) is 9.47 Å². The number of methoxy groups -OCH3 is 1. The zero-order chi connectivity index (χ0) is 16.1. The van der Waals surface area contributed by atoms with E-state index in [1.165, 1.54) is 69.8 Å². The third-order valence-corrected chi connectivity index (χ3v) is 6.14. The molecule has 2 saturated carbocycles. The van der Waals surface area contributed by atoms with Gasteiger partial charge in [0.25, 0.3) is 0 Å². The van der Waals surface area contributed by atoms with Gasteiger partial charge in [0.2, 0.25) is 0 Å². The van der Waals surface area contributed by atoms with E-state index in [9.17, 15) is 0 Å². The van der Waals surface area contributed by atoms with Crippen molar-refractivity contribution in [2.24, 2.45) is 0 Å². The Kier molecular flexibility index (Phi) is 5.63. The molecule has 0 spiro atoms. The van der Waals surface area contributed by atoms with Gasteiger partial charge in [-0.05, 0) is 50.3 Å². The van der Waals surface area contributed by atoms with E-state index >= 15 is 0 Å². The predicted molar refractivity (Wildman–Crippen MR) is 95.2 cm³/mol. The average Bonchev–Trinajstić information content (AvgIpc) is 2.63. The van der Waals surface area contributed by atoms with Crippen molar-refractivity contribution in [3.05, 3.63) is 29.8 Å². The normalized spacial score (nSPS) is 23.4. The van der Waals surface area contributed by atoms with E-state index in [0.29, 0.717) is 12.2 Å². The first-order valence-corrected chi connectivity index (χ1v) is 9.54. The molecule has 0 heterocycles.